The van der Waals surface area contributed by atoms with Gasteiger partial charge in [0.15, 0.2) is 0 Å². The molecule has 1 amide bonds. The predicted molar refractivity (Wildman–Crippen MR) is 61.2 cm³/mol. The molecule has 0 unspecified atom stereocenters. The number of halogens is 1. The summed E-state index contributed by atoms with van der Waals surface area (Å²) >= 11 is 0. The van der Waals surface area contributed by atoms with E-state index in [1.54, 1.807) is 25.1 Å². The molecule has 1 aromatic carbocycles. The first-order valence-electron chi connectivity index (χ1n) is 4.96. The normalized spacial score (nSPS) is 10.5. The van der Waals surface area contributed by atoms with Crippen molar-refractivity contribution in [2.45, 2.75) is 6.54 Å². The van der Waals surface area contributed by atoms with E-state index in [9.17, 15) is 9.18 Å². The van der Waals surface area contributed by atoms with Crippen molar-refractivity contribution in [3.05, 3.63) is 29.6 Å². The Kier molecular flexibility index (Phi) is 4.25. The number of nitrogens with one attached hydrogen (secondary N) is 1. The van der Waals surface area contributed by atoms with Gasteiger partial charge in [-0.25, -0.2) is 4.39 Å². The highest BCUT2D eigenvalue weighted by molar-refractivity contribution is 5.77. The van der Waals surface area contributed by atoms with Gasteiger partial charge in [-0.1, -0.05) is 6.07 Å². The van der Waals surface area contributed by atoms with Crippen LogP contribution in [0.15, 0.2) is 18.2 Å². The van der Waals surface area contributed by atoms with Crippen molar-refractivity contribution in [1.82, 2.24) is 10.2 Å². The Morgan fingerprint density at radius 3 is 2.81 bits per heavy atom. The number of nitrogens with zero attached hydrogens (tertiary/aromatic N) is 1. The summed E-state index contributed by atoms with van der Waals surface area (Å²) in [6.07, 6.45) is 0. The molecule has 0 aliphatic heterocycles. The van der Waals surface area contributed by atoms with E-state index in [-0.39, 0.29) is 18.1 Å². The first-order valence-corrected chi connectivity index (χ1v) is 4.96. The maximum atomic E-state index is 13.1. The highest BCUT2D eigenvalue weighted by Gasteiger charge is 2.06. The summed E-state index contributed by atoms with van der Waals surface area (Å²) in [6.45, 7) is 0.785. The van der Waals surface area contributed by atoms with Gasteiger partial charge in [0.1, 0.15) is 5.82 Å². The zero-order valence-electron chi connectivity index (χ0n) is 9.46. The molecule has 0 bridgehead atoms. The van der Waals surface area contributed by atoms with Crippen LogP contribution in [-0.2, 0) is 11.3 Å². The highest BCUT2D eigenvalue weighted by Crippen LogP contribution is 2.12. The molecule has 1 aromatic rings. The minimum absolute atomic E-state index is 0.0709. The molecule has 1 rings (SSSR count). The molecule has 5 heteroatoms. The maximum absolute atomic E-state index is 13.1. The van der Waals surface area contributed by atoms with Crippen molar-refractivity contribution >= 4 is 11.6 Å². The van der Waals surface area contributed by atoms with Gasteiger partial charge in [-0.05, 0) is 24.7 Å². The monoisotopic (exact) mass is 225 g/mol. The SMILES string of the molecule is CNC(=O)CN(C)Cc1ccc(N)c(F)c1. The minimum Gasteiger partial charge on any atom is -0.396 e. The number of nitrogens with two attached hydrogens (primary N) is 1. The van der Waals surface area contributed by atoms with E-state index in [2.05, 4.69) is 5.32 Å². The minimum atomic E-state index is -0.425. The average molecular weight is 225 g/mol. The number of rotatable bonds is 4. The van der Waals surface area contributed by atoms with E-state index in [0.29, 0.717) is 6.54 Å². The third kappa shape index (κ3) is 3.51. The summed E-state index contributed by atoms with van der Waals surface area (Å²) in [5.74, 6) is -0.496. The van der Waals surface area contributed by atoms with Crippen LogP contribution >= 0.6 is 0 Å². The molecule has 0 spiro atoms. The van der Waals surface area contributed by atoms with E-state index in [1.807, 2.05) is 0 Å². The molecule has 16 heavy (non-hydrogen) atoms. The van der Waals surface area contributed by atoms with Gasteiger partial charge in [0, 0.05) is 13.6 Å². The lowest BCUT2D eigenvalue weighted by molar-refractivity contribution is -0.121. The topological polar surface area (TPSA) is 58.4 Å². The third-order valence-electron chi connectivity index (χ3n) is 2.21. The van der Waals surface area contributed by atoms with Gasteiger partial charge in [0.2, 0.25) is 5.91 Å². The molecule has 0 radical (unpaired) electrons. The summed E-state index contributed by atoms with van der Waals surface area (Å²) < 4.78 is 13.1. The zero-order chi connectivity index (χ0) is 12.1. The summed E-state index contributed by atoms with van der Waals surface area (Å²) in [7, 11) is 3.38. The van der Waals surface area contributed by atoms with E-state index >= 15 is 0 Å². The van der Waals surface area contributed by atoms with Crippen molar-refractivity contribution in [3.63, 3.8) is 0 Å². The molecule has 0 saturated heterocycles. The van der Waals surface area contributed by atoms with Gasteiger partial charge >= 0.3 is 0 Å². The Morgan fingerprint density at radius 2 is 2.25 bits per heavy atom. The quantitative estimate of drug-likeness (QED) is 0.737. The molecular formula is C11H16FN3O. The van der Waals surface area contributed by atoms with Crippen LogP contribution < -0.4 is 11.1 Å². The van der Waals surface area contributed by atoms with Gasteiger partial charge in [0.25, 0.3) is 0 Å². The van der Waals surface area contributed by atoms with Crippen LogP contribution in [0.3, 0.4) is 0 Å². The van der Waals surface area contributed by atoms with Crippen LogP contribution in [0.2, 0.25) is 0 Å². The molecule has 4 nitrogen and oxygen atoms in total. The highest BCUT2D eigenvalue weighted by atomic mass is 19.1. The van der Waals surface area contributed by atoms with Crippen LogP contribution in [0.25, 0.3) is 0 Å². The summed E-state index contributed by atoms with van der Waals surface area (Å²) in [4.78, 5) is 12.9. The predicted octanol–water partition coefficient (Wildman–Crippen LogP) is 0.586. The smallest absolute Gasteiger partial charge is 0.233 e. The average Bonchev–Trinajstić information content (AvgIpc) is 2.23. The number of benzene rings is 1. The molecule has 0 aromatic heterocycles. The molecule has 0 fully saturated rings. The molecule has 88 valence electrons. The Morgan fingerprint density at radius 1 is 1.56 bits per heavy atom. The standard InChI is InChI=1S/C11H16FN3O/c1-14-11(16)7-15(2)6-8-3-4-10(13)9(12)5-8/h3-5H,6-7,13H2,1-2H3,(H,14,16). The number of hydrogen-bond acceptors (Lipinski definition) is 3. The van der Waals surface area contributed by atoms with Gasteiger partial charge < -0.3 is 11.1 Å². The number of likely N-dealkylation sites (N-methyl/N-ethyl adjacent to an activating group) is 2. The number of carbonyl (C=O) groups excluding carboxylic acids is 1. The van der Waals surface area contributed by atoms with Gasteiger partial charge in [-0.2, -0.15) is 0 Å². The fourth-order valence-corrected chi connectivity index (χ4v) is 1.36. The van der Waals surface area contributed by atoms with Gasteiger partial charge in [-0.15, -0.1) is 0 Å². The van der Waals surface area contributed by atoms with Crippen molar-refractivity contribution in [2.24, 2.45) is 0 Å². The Labute approximate surface area is 94.2 Å². The van der Waals surface area contributed by atoms with Gasteiger partial charge in [-0.3, -0.25) is 9.69 Å². The lowest BCUT2D eigenvalue weighted by atomic mass is 10.2. The summed E-state index contributed by atoms with van der Waals surface area (Å²) in [5, 5.41) is 2.53. The van der Waals surface area contributed by atoms with E-state index in [0.717, 1.165) is 5.56 Å². The second-order valence-corrected chi connectivity index (χ2v) is 3.70. The van der Waals surface area contributed by atoms with Crippen molar-refractivity contribution in [3.8, 4) is 0 Å². The Bertz CT molecular complexity index is 381. The number of carbonyl (C=O) groups is 1. The number of hydrogen-bond donors (Lipinski definition) is 2. The number of nitrogen functional groups attached to an aromatic ring is 1. The molecule has 0 heterocycles. The van der Waals surface area contributed by atoms with Crippen LogP contribution in [0.4, 0.5) is 10.1 Å². The van der Waals surface area contributed by atoms with Crippen molar-refractivity contribution in [2.75, 3.05) is 26.4 Å². The second-order valence-electron chi connectivity index (χ2n) is 3.70. The van der Waals surface area contributed by atoms with Crippen molar-refractivity contribution in [1.29, 1.82) is 0 Å². The zero-order valence-corrected chi connectivity index (χ0v) is 9.46. The van der Waals surface area contributed by atoms with E-state index in [1.165, 1.54) is 12.1 Å². The summed E-state index contributed by atoms with van der Waals surface area (Å²) in [6, 6.07) is 4.66. The second kappa shape index (κ2) is 5.46. The van der Waals surface area contributed by atoms with Crippen molar-refractivity contribution < 1.29 is 9.18 Å². The Balaban J connectivity index is 2.59. The largest absolute Gasteiger partial charge is 0.396 e. The molecular weight excluding hydrogens is 209 g/mol. The van der Waals surface area contributed by atoms with Crippen LogP contribution in [-0.4, -0.2) is 31.4 Å². The number of amides is 1. The molecule has 0 aliphatic rings. The molecule has 0 aliphatic carbocycles. The maximum Gasteiger partial charge on any atom is 0.233 e. The fraction of sp³-hybridized carbons (Fsp3) is 0.364. The van der Waals surface area contributed by atoms with Crippen LogP contribution in [0.1, 0.15) is 5.56 Å². The molecule has 0 atom stereocenters. The van der Waals surface area contributed by atoms with E-state index < -0.39 is 5.82 Å². The molecule has 0 saturated carbocycles. The van der Waals surface area contributed by atoms with Gasteiger partial charge in [0.05, 0.1) is 12.2 Å². The third-order valence-corrected chi connectivity index (χ3v) is 2.21. The fourth-order valence-electron chi connectivity index (χ4n) is 1.36. The van der Waals surface area contributed by atoms with Crippen LogP contribution in [0, 0.1) is 5.82 Å². The van der Waals surface area contributed by atoms with E-state index in [4.69, 9.17) is 5.73 Å². The lowest BCUT2D eigenvalue weighted by Crippen LogP contribution is -2.32. The first-order chi connectivity index (χ1) is 7.52. The summed E-state index contributed by atoms with van der Waals surface area (Å²) in [5.41, 5.74) is 6.30. The van der Waals surface area contributed by atoms with Crippen LogP contribution in [0.5, 0.6) is 0 Å². The number of anilines is 1. The first kappa shape index (κ1) is 12.4. The lowest BCUT2D eigenvalue weighted by Gasteiger charge is -2.15. The molecule has 3 N–H and O–H groups in total. The Hall–Kier alpha value is -1.62.